The molecular formula is C27H22N2O3. The molecule has 0 aliphatic carbocycles. The van der Waals surface area contributed by atoms with Crippen LogP contribution in [0.5, 0.6) is 0 Å². The number of esters is 1. The Morgan fingerprint density at radius 3 is 2.03 bits per heavy atom. The highest BCUT2D eigenvalue weighted by molar-refractivity contribution is 6.17. The summed E-state index contributed by atoms with van der Waals surface area (Å²) in [5.74, 6) is 0.355. The summed E-state index contributed by atoms with van der Waals surface area (Å²) in [5, 5.41) is 9.02. The van der Waals surface area contributed by atoms with Gasteiger partial charge >= 0.3 is 5.97 Å². The third-order valence-corrected chi connectivity index (χ3v) is 4.88. The first kappa shape index (κ1) is 21.0. The number of aryl methyl sites for hydroxylation is 1. The lowest BCUT2D eigenvalue weighted by Crippen LogP contribution is -2.05. The van der Waals surface area contributed by atoms with Gasteiger partial charge in [-0.15, -0.1) is 10.2 Å². The minimum atomic E-state index is -0.526. The molecule has 158 valence electrons. The van der Waals surface area contributed by atoms with Gasteiger partial charge in [0.2, 0.25) is 0 Å². The minimum absolute atomic E-state index is 0.289. The van der Waals surface area contributed by atoms with Crippen molar-refractivity contribution in [1.82, 2.24) is 0 Å². The van der Waals surface area contributed by atoms with Crippen molar-refractivity contribution in [2.45, 2.75) is 6.92 Å². The molecule has 5 nitrogen and oxygen atoms in total. The maximum absolute atomic E-state index is 11.9. The number of ether oxygens (including phenoxy) is 2. The first-order chi connectivity index (χ1) is 15.6. The summed E-state index contributed by atoms with van der Waals surface area (Å²) in [6.07, 6.45) is 3.05. The van der Waals surface area contributed by atoms with Crippen LogP contribution in [0.2, 0.25) is 0 Å². The van der Waals surface area contributed by atoms with Gasteiger partial charge in [0.1, 0.15) is 17.2 Å². The number of hydrogen-bond acceptors (Lipinski definition) is 5. The Balaban J connectivity index is 1.79. The molecule has 1 heterocycles. The predicted molar refractivity (Wildman–Crippen MR) is 126 cm³/mol. The molecule has 3 aromatic rings. The van der Waals surface area contributed by atoms with Gasteiger partial charge in [-0.3, -0.25) is 0 Å². The van der Waals surface area contributed by atoms with Crippen molar-refractivity contribution in [3.63, 3.8) is 0 Å². The van der Waals surface area contributed by atoms with Crippen molar-refractivity contribution < 1.29 is 14.3 Å². The molecule has 1 aliphatic heterocycles. The van der Waals surface area contributed by atoms with Crippen molar-refractivity contribution in [3.05, 3.63) is 125 Å². The summed E-state index contributed by atoms with van der Waals surface area (Å²) in [4.78, 5) is 11.9. The van der Waals surface area contributed by atoms with Crippen LogP contribution in [0, 0.1) is 6.92 Å². The zero-order chi connectivity index (χ0) is 22.3. The molecule has 1 aliphatic rings. The number of hydrogen-bond donors (Lipinski definition) is 0. The molecule has 0 unspecified atom stereocenters. The van der Waals surface area contributed by atoms with Crippen LogP contribution in [-0.4, -0.2) is 24.5 Å². The Bertz CT molecular complexity index is 1180. The number of nitrogens with zero attached hydrogens (tertiary/aromatic N) is 2. The molecule has 4 rings (SSSR count). The summed E-state index contributed by atoms with van der Waals surface area (Å²) < 4.78 is 10.7. The summed E-state index contributed by atoms with van der Waals surface area (Å²) in [6.45, 7) is 2.02. The zero-order valence-electron chi connectivity index (χ0n) is 17.9. The second-order valence-corrected chi connectivity index (χ2v) is 7.17. The molecular weight excluding hydrogens is 400 g/mol. The molecule has 0 radical (unpaired) electrons. The summed E-state index contributed by atoms with van der Waals surface area (Å²) >= 11 is 0. The van der Waals surface area contributed by atoms with Crippen molar-refractivity contribution in [1.29, 1.82) is 0 Å². The third kappa shape index (κ3) is 4.90. The Morgan fingerprint density at radius 1 is 0.875 bits per heavy atom. The van der Waals surface area contributed by atoms with Gasteiger partial charge in [0.05, 0.1) is 13.2 Å². The van der Waals surface area contributed by atoms with Gasteiger partial charge in [0, 0.05) is 22.8 Å². The van der Waals surface area contributed by atoms with Crippen LogP contribution in [0.4, 0.5) is 0 Å². The van der Waals surface area contributed by atoms with Crippen molar-refractivity contribution in [2.75, 3.05) is 7.11 Å². The molecule has 0 bridgehead atoms. The average Bonchev–Trinajstić information content (AvgIpc) is 3.23. The average molecular weight is 422 g/mol. The monoisotopic (exact) mass is 422 g/mol. The highest BCUT2D eigenvalue weighted by Crippen LogP contribution is 2.28. The smallest absolute Gasteiger partial charge is 0.334 e. The summed E-state index contributed by atoms with van der Waals surface area (Å²) in [7, 11) is 1.32. The van der Waals surface area contributed by atoms with E-state index in [0.29, 0.717) is 17.2 Å². The maximum atomic E-state index is 11.9. The molecule has 0 aromatic heterocycles. The number of carbonyl (C=O) groups is 1. The standard InChI is InChI=1S/C27H22N2O3/c1-19-13-15-20(16-14-19)24-17-23(25(32-24)18-26(30)31-2)28-29-27(21-9-5-3-6-10-21)22-11-7-4-8-12-22/h3-18H,1-2H3. The van der Waals surface area contributed by atoms with Crippen LogP contribution in [0.25, 0.3) is 5.76 Å². The number of carbonyl (C=O) groups excluding carboxylic acids is 1. The third-order valence-electron chi connectivity index (χ3n) is 4.88. The molecule has 0 fully saturated rings. The predicted octanol–water partition coefficient (Wildman–Crippen LogP) is 5.32. The molecule has 3 aromatic carbocycles. The summed E-state index contributed by atoms with van der Waals surface area (Å²) in [5.41, 5.74) is 5.05. The quantitative estimate of drug-likeness (QED) is 0.242. The lowest BCUT2D eigenvalue weighted by Gasteiger charge is -2.06. The summed E-state index contributed by atoms with van der Waals surface area (Å²) in [6, 6.07) is 27.6. The van der Waals surface area contributed by atoms with E-state index in [1.807, 2.05) is 91.9 Å². The highest BCUT2D eigenvalue weighted by Gasteiger charge is 2.22. The fourth-order valence-electron chi connectivity index (χ4n) is 3.18. The lowest BCUT2D eigenvalue weighted by molar-refractivity contribution is -0.134. The molecule has 0 spiro atoms. The zero-order valence-corrected chi connectivity index (χ0v) is 17.9. The van der Waals surface area contributed by atoms with E-state index >= 15 is 0 Å². The lowest BCUT2D eigenvalue weighted by atomic mass is 10.0. The fraction of sp³-hybridized carbons (Fsp3) is 0.0741. The van der Waals surface area contributed by atoms with Gasteiger partial charge in [-0.25, -0.2) is 4.79 Å². The Kier molecular flexibility index (Phi) is 6.37. The Labute approximate surface area is 187 Å². The van der Waals surface area contributed by atoms with Gasteiger partial charge in [-0.2, -0.15) is 0 Å². The maximum Gasteiger partial charge on any atom is 0.334 e. The van der Waals surface area contributed by atoms with Gasteiger partial charge < -0.3 is 9.47 Å². The first-order valence-corrected chi connectivity index (χ1v) is 10.2. The normalized spacial score (nSPS) is 15.2. The van der Waals surface area contributed by atoms with E-state index in [1.54, 1.807) is 6.08 Å². The molecule has 0 atom stereocenters. The van der Waals surface area contributed by atoms with Gasteiger partial charge in [-0.1, -0.05) is 90.5 Å². The molecule has 0 saturated carbocycles. The van der Waals surface area contributed by atoms with Crippen molar-refractivity contribution >= 4 is 23.2 Å². The van der Waals surface area contributed by atoms with Crippen LogP contribution >= 0.6 is 0 Å². The molecule has 5 heteroatoms. The van der Waals surface area contributed by atoms with E-state index in [4.69, 9.17) is 9.47 Å². The largest absolute Gasteiger partial charge is 0.466 e. The van der Waals surface area contributed by atoms with Gasteiger partial charge in [-0.05, 0) is 6.92 Å². The number of rotatable bonds is 5. The van der Waals surface area contributed by atoms with E-state index in [9.17, 15) is 4.79 Å². The van der Waals surface area contributed by atoms with Crippen LogP contribution in [0.3, 0.4) is 0 Å². The van der Waals surface area contributed by atoms with Crippen molar-refractivity contribution in [2.24, 2.45) is 10.2 Å². The minimum Gasteiger partial charge on any atom is -0.466 e. The van der Waals surface area contributed by atoms with E-state index in [1.165, 1.54) is 13.2 Å². The van der Waals surface area contributed by atoms with E-state index in [2.05, 4.69) is 10.2 Å². The Morgan fingerprint density at radius 2 is 1.47 bits per heavy atom. The second kappa shape index (κ2) is 9.71. The van der Waals surface area contributed by atoms with Crippen LogP contribution < -0.4 is 0 Å². The highest BCUT2D eigenvalue weighted by atomic mass is 16.5. The van der Waals surface area contributed by atoms with Gasteiger partial charge in [0.25, 0.3) is 0 Å². The molecule has 0 saturated heterocycles. The van der Waals surface area contributed by atoms with E-state index < -0.39 is 5.97 Å². The second-order valence-electron chi connectivity index (χ2n) is 7.17. The molecule has 0 amide bonds. The van der Waals surface area contributed by atoms with Crippen LogP contribution in [0.15, 0.2) is 113 Å². The number of benzene rings is 3. The first-order valence-electron chi connectivity index (χ1n) is 10.2. The molecule has 0 N–H and O–H groups in total. The topological polar surface area (TPSA) is 60.2 Å². The molecule has 32 heavy (non-hydrogen) atoms. The van der Waals surface area contributed by atoms with E-state index in [0.717, 1.165) is 22.3 Å². The van der Waals surface area contributed by atoms with Crippen LogP contribution in [0.1, 0.15) is 22.3 Å². The van der Waals surface area contributed by atoms with E-state index in [-0.39, 0.29) is 5.76 Å². The fourth-order valence-corrected chi connectivity index (χ4v) is 3.18. The number of allylic oxidation sites excluding steroid dienone is 1. The van der Waals surface area contributed by atoms with Gasteiger partial charge in [0.15, 0.2) is 5.76 Å². The Hall–Kier alpha value is -4.25. The SMILES string of the molecule is COC(=O)C=C1OC(c2ccc(C)cc2)=CC1=NN=C(c1ccccc1)c1ccccc1. The number of methoxy groups -OCH3 is 1. The van der Waals surface area contributed by atoms with Crippen LogP contribution in [-0.2, 0) is 14.3 Å². The van der Waals surface area contributed by atoms with Crippen molar-refractivity contribution in [3.8, 4) is 0 Å².